The molecule has 0 spiro atoms. The van der Waals surface area contributed by atoms with Gasteiger partial charge in [-0.2, -0.15) is 13.2 Å². The number of terminal acetylenes is 1. The fourth-order valence-electron chi connectivity index (χ4n) is 5.09. The molecule has 0 bridgehead atoms. The maximum atomic E-state index is 13.8. The number of ether oxygens (including phenoxy) is 2. The number of nitrogens with one attached hydrogen (secondary N) is 1. The van der Waals surface area contributed by atoms with Gasteiger partial charge in [0.25, 0.3) is 5.91 Å². The molecule has 1 heterocycles. The molecule has 230 valence electrons. The smallest absolute Gasteiger partial charge is 0.433 e. The molecular formula is C35H30F3N3O4. The van der Waals surface area contributed by atoms with Gasteiger partial charge in [0.1, 0.15) is 11.4 Å². The van der Waals surface area contributed by atoms with Gasteiger partial charge < -0.3 is 19.7 Å². The summed E-state index contributed by atoms with van der Waals surface area (Å²) in [5.74, 6) is 1.97. The van der Waals surface area contributed by atoms with Crippen molar-refractivity contribution in [1.82, 2.24) is 15.2 Å². The van der Waals surface area contributed by atoms with Gasteiger partial charge in [0.15, 0.2) is 6.10 Å². The number of aromatic nitrogens is 1. The predicted octanol–water partition coefficient (Wildman–Crippen LogP) is 7.76. The van der Waals surface area contributed by atoms with Crippen molar-refractivity contribution in [3.05, 3.63) is 113 Å². The number of halogens is 3. The van der Waals surface area contributed by atoms with Crippen LogP contribution in [0.25, 0.3) is 11.1 Å². The number of carbonyl (C=O) groups excluding carboxylic acids is 2. The number of nitrogens with zero attached hydrogens (tertiary/aromatic N) is 2. The zero-order valence-electron chi connectivity index (χ0n) is 24.4. The lowest BCUT2D eigenvalue weighted by Crippen LogP contribution is -2.28. The first-order valence-corrected chi connectivity index (χ1v) is 14.3. The average molecular weight is 614 g/mol. The zero-order chi connectivity index (χ0) is 32.0. The SMILES string of the molecule is C#CCCCCNC(=O)c1cccc(Oc2cc(CN(C)C(=O)OC3c4ccccc4-c4ccccc43)cc(C(F)(F)F)n2)c1. The molecule has 0 radical (unpaired) electrons. The van der Waals surface area contributed by atoms with Crippen molar-refractivity contribution in [2.75, 3.05) is 13.6 Å². The lowest BCUT2D eigenvalue weighted by atomic mass is 10.1. The number of amides is 2. The van der Waals surface area contributed by atoms with Gasteiger partial charge in [0.2, 0.25) is 5.88 Å². The summed E-state index contributed by atoms with van der Waals surface area (Å²) in [7, 11) is 1.44. The molecule has 1 aliphatic rings. The molecule has 2 amide bonds. The van der Waals surface area contributed by atoms with Crippen molar-refractivity contribution in [2.45, 2.75) is 38.1 Å². The summed E-state index contributed by atoms with van der Waals surface area (Å²) in [4.78, 5) is 30.6. The summed E-state index contributed by atoms with van der Waals surface area (Å²) in [6.07, 6.45) is 1.21. The van der Waals surface area contributed by atoms with Crippen LogP contribution in [0.4, 0.5) is 18.0 Å². The van der Waals surface area contributed by atoms with Gasteiger partial charge in [-0.25, -0.2) is 9.78 Å². The van der Waals surface area contributed by atoms with E-state index in [1.54, 1.807) is 12.1 Å². The molecule has 1 N–H and O–H groups in total. The van der Waals surface area contributed by atoms with Crippen molar-refractivity contribution in [1.29, 1.82) is 0 Å². The third-order valence-electron chi connectivity index (χ3n) is 7.23. The summed E-state index contributed by atoms with van der Waals surface area (Å²) in [6, 6.07) is 23.4. The molecule has 10 heteroatoms. The highest BCUT2D eigenvalue weighted by atomic mass is 19.4. The van der Waals surface area contributed by atoms with E-state index in [2.05, 4.69) is 16.2 Å². The Labute approximate surface area is 259 Å². The third kappa shape index (κ3) is 7.44. The first-order chi connectivity index (χ1) is 21.6. The van der Waals surface area contributed by atoms with E-state index in [0.29, 0.717) is 19.4 Å². The quantitative estimate of drug-likeness (QED) is 0.146. The van der Waals surface area contributed by atoms with Crippen molar-refractivity contribution in [3.8, 4) is 35.1 Å². The number of carbonyl (C=O) groups is 2. The third-order valence-corrected chi connectivity index (χ3v) is 7.23. The topological polar surface area (TPSA) is 80.8 Å². The fraction of sp³-hybridized carbons (Fsp3) is 0.229. The second kappa shape index (κ2) is 13.6. The van der Waals surface area contributed by atoms with Crippen molar-refractivity contribution in [3.63, 3.8) is 0 Å². The second-order valence-corrected chi connectivity index (χ2v) is 10.5. The highest BCUT2D eigenvalue weighted by molar-refractivity contribution is 5.94. The molecule has 3 aromatic carbocycles. The van der Waals surface area contributed by atoms with Gasteiger partial charge in [0.05, 0.1) is 0 Å². The number of rotatable bonds is 10. The zero-order valence-corrected chi connectivity index (χ0v) is 24.4. The van der Waals surface area contributed by atoms with E-state index in [-0.39, 0.29) is 35.2 Å². The van der Waals surface area contributed by atoms with Crippen molar-refractivity contribution < 1.29 is 32.2 Å². The molecule has 5 rings (SSSR count). The molecular weight excluding hydrogens is 583 g/mol. The number of hydrogen-bond acceptors (Lipinski definition) is 5. The van der Waals surface area contributed by atoms with E-state index >= 15 is 0 Å². The standard InChI is InChI=1S/C35H30F3N3O4/c1-3-4-5-10-18-39-33(42)24-12-11-13-25(21-24)44-31-20-23(19-30(40-31)35(36,37)38)22-41(2)34(43)45-32-28-16-8-6-14-26(28)27-15-7-9-17-29(27)32/h1,6-9,11-17,19-21,32H,4-5,10,18,22H2,2H3,(H,39,42). The van der Waals surface area contributed by atoms with E-state index < -0.39 is 24.1 Å². The van der Waals surface area contributed by atoms with Gasteiger partial charge in [-0.05, 0) is 53.8 Å². The van der Waals surface area contributed by atoms with Crippen LogP contribution in [0.15, 0.2) is 84.9 Å². The number of unbranched alkanes of at least 4 members (excludes halogenated alkanes) is 2. The van der Waals surface area contributed by atoms with Crippen LogP contribution >= 0.6 is 0 Å². The molecule has 0 fully saturated rings. The van der Waals surface area contributed by atoms with Crippen molar-refractivity contribution >= 4 is 12.0 Å². The molecule has 7 nitrogen and oxygen atoms in total. The maximum Gasteiger partial charge on any atom is 0.433 e. The number of fused-ring (bicyclic) bond motifs is 3. The molecule has 0 aliphatic heterocycles. The Balaban J connectivity index is 1.30. The number of benzene rings is 3. The van der Waals surface area contributed by atoms with Crippen LogP contribution in [0.2, 0.25) is 0 Å². The summed E-state index contributed by atoms with van der Waals surface area (Å²) in [5.41, 5.74) is 2.80. The summed E-state index contributed by atoms with van der Waals surface area (Å²) < 4.78 is 53.0. The van der Waals surface area contributed by atoms with Gasteiger partial charge in [0, 0.05) is 49.3 Å². The van der Waals surface area contributed by atoms with E-state index in [1.807, 2.05) is 48.5 Å². The second-order valence-electron chi connectivity index (χ2n) is 10.5. The van der Waals surface area contributed by atoms with E-state index in [0.717, 1.165) is 34.7 Å². The Morgan fingerprint density at radius 2 is 1.64 bits per heavy atom. The first kappa shape index (κ1) is 31.1. The Hall–Kier alpha value is -5.30. The first-order valence-electron chi connectivity index (χ1n) is 14.3. The number of hydrogen-bond donors (Lipinski definition) is 1. The van der Waals surface area contributed by atoms with Gasteiger partial charge >= 0.3 is 12.3 Å². The minimum absolute atomic E-state index is 0.124. The van der Waals surface area contributed by atoms with E-state index in [1.165, 1.54) is 30.1 Å². The van der Waals surface area contributed by atoms with Crippen LogP contribution in [0.5, 0.6) is 11.6 Å². The lowest BCUT2D eigenvalue weighted by molar-refractivity contribution is -0.141. The predicted molar refractivity (Wildman–Crippen MR) is 162 cm³/mol. The summed E-state index contributed by atoms with van der Waals surface area (Å²) in [6.45, 7) is 0.221. The average Bonchev–Trinajstić information content (AvgIpc) is 3.33. The Kier molecular flexibility index (Phi) is 9.38. The molecule has 0 saturated carbocycles. The minimum Gasteiger partial charge on any atom is -0.439 e. The highest BCUT2D eigenvalue weighted by Crippen LogP contribution is 2.45. The Morgan fingerprint density at radius 1 is 0.956 bits per heavy atom. The number of alkyl halides is 3. The van der Waals surface area contributed by atoms with Crippen molar-refractivity contribution in [2.24, 2.45) is 0 Å². The molecule has 4 aromatic rings. The summed E-state index contributed by atoms with van der Waals surface area (Å²) >= 11 is 0. The van der Waals surface area contributed by atoms with Crippen LogP contribution in [-0.4, -0.2) is 35.5 Å². The maximum absolute atomic E-state index is 13.8. The molecule has 0 unspecified atom stereocenters. The molecule has 1 aromatic heterocycles. The monoisotopic (exact) mass is 613 g/mol. The molecule has 45 heavy (non-hydrogen) atoms. The minimum atomic E-state index is -4.77. The lowest BCUT2D eigenvalue weighted by Gasteiger charge is -2.22. The molecule has 0 atom stereocenters. The van der Waals surface area contributed by atoms with Crippen LogP contribution in [0.1, 0.15) is 58.1 Å². The summed E-state index contributed by atoms with van der Waals surface area (Å²) in [5, 5.41) is 2.78. The van der Waals surface area contributed by atoms with Gasteiger partial charge in [-0.1, -0.05) is 54.6 Å². The van der Waals surface area contributed by atoms with E-state index in [4.69, 9.17) is 15.9 Å². The van der Waals surface area contributed by atoms with Crippen LogP contribution in [0.3, 0.4) is 0 Å². The normalized spacial score (nSPS) is 12.1. The van der Waals surface area contributed by atoms with Gasteiger partial charge in [-0.3, -0.25) is 4.79 Å². The largest absolute Gasteiger partial charge is 0.439 e. The molecule has 0 saturated heterocycles. The highest BCUT2D eigenvalue weighted by Gasteiger charge is 2.35. The number of pyridine rings is 1. The Morgan fingerprint density at radius 3 is 2.31 bits per heavy atom. The Bertz CT molecular complexity index is 1700. The van der Waals surface area contributed by atoms with Crippen LogP contribution in [0, 0.1) is 12.3 Å². The fourth-order valence-corrected chi connectivity index (χ4v) is 5.09. The van der Waals surface area contributed by atoms with E-state index in [9.17, 15) is 22.8 Å². The van der Waals surface area contributed by atoms with Crippen LogP contribution in [-0.2, 0) is 17.5 Å². The van der Waals surface area contributed by atoms with Gasteiger partial charge in [-0.15, -0.1) is 12.3 Å². The van der Waals surface area contributed by atoms with Crippen LogP contribution < -0.4 is 10.1 Å². The molecule has 1 aliphatic carbocycles.